The van der Waals surface area contributed by atoms with Gasteiger partial charge in [0, 0.05) is 52.9 Å². The lowest BCUT2D eigenvalue weighted by atomic mass is 10.1. The van der Waals surface area contributed by atoms with Crippen LogP contribution in [0.5, 0.6) is 5.75 Å². The molecule has 1 saturated heterocycles. The Labute approximate surface area is 225 Å². The molecule has 0 bridgehead atoms. The van der Waals surface area contributed by atoms with E-state index in [-0.39, 0.29) is 29.1 Å². The van der Waals surface area contributed by atoms with Gasteiger partial charge in [0.15, 0.2) is 0 Å². The van der Waals surface area contributed by atoms with Crippen LogP contribution in [0.3, 0.4) is 0 Å². The van der Waals surface area contributed by atoms with Crippen molar-refractivity contribution in [2.24, 2.45) is 14.1 Å². The number of nitrogens with zero attached hydrogens (tertiary/aromatic N) is 4. The highest BCUT2D eigenvalue weighted by Crippen LogP contribution is 2.26. The number of fused-ring (bicyclic) bond motifs is 1. The van der Waals surface area contributed by atoms with E-state index >= 15 is 0 Å². The number of ether oxygens (including phenoxy) is 1. The highest BCUT2D eigenvalue weighted by atomic mass is 35.5. The molecule has 1 fully saturated rings. The number of anilines is 1. The van der Waals surface area contributed by atoms with Crippen molar-refractivity contribution in [2.75, 3.05) is 44.2 Å². The molecule has 0 radical (unpaired) electrons. The van der Waals surface area contributed by atoms with Crippen LogP contribution in [0, 0.1) is 0 Å². The zero-order chi connectivity index (χ0) is 25.9. The van der Waals surface area contributed by atoms with E-state index in [1.165, 1.54) is 23.9 Å². The maximum absolute atomic E-state index is 13.3. The maximum atomic E-state index is 13.3. The van der Waals surface area contributed by atoms with Crippen molar-refractivity contribution in [3.8, 4) is 16.9 Å². The molecule has 2 aromatic carbocycles. The van der Waals surface area contributed by atoms with Crippen LogP contribution in [-0.2, 0) is 14.1 Å². The van der Waals surface area contributed by atoms with E-state index in [4.69, 9.17) is 9.15 Å². The molecular formula is C28H31ClN4O5. The van der Waals surface area contributed by atoms with E-state index in [2.05, 4.69) is 9.80 Å². The second-order valence-electron chi connectivity index (χ2n) is 9.25. The van der Waals surface area contributed by atoms with Gasteiger partial charge in [-0.15, -0.1) is 12.4 Å². The molecule has 10 heteroatoms. The Morgan fingerprint density at radius 2 is 1.63 bits per heavy atom. The number of hydrogen-bond acceptors (Lipinski definition) is 7. The van der Waals surface area contributed by atoms with Crippen LogP contribution in [0.1, 0.15) is 6.42 Å². The van der Waals surface area contributed by atoms with Gasteiger partial charge in [0.2, 0.25) is 5.43 Å². The minimum atomic E-state index is -0.319. The van der Waals surface area contributed by atoms with Gasteiger partial charge in [-0.2, -0.15) is 0 Å². The van der Waals surface area contributed by atoms with Crippen LogP contribution >= 0.6 is 12.4 Å². The fourth-order valence-corrected chi connectivity index (χ4v) is 4.78. The monoisotopic (exact) mass is 538 g/mol. The predicted octanol–water partition coefficient (Wildman–Crippen LogP) is 2.87. The molecule has 0 saturated carbocycles. The van der Waals surface area contributed by atoms with Crippen LogP contribution < -0.4 is 26.3 Å². The first-order valence-corrected chi connectivity index (χ1v) is 12.4. The number of rotatable bonds is 7. The summed E-state index contributed by atoms with van der Waals surface area (Å²) in [4.78, 5) is 42.0. The first-order chi connectivity index (χ1) is 17.9. The van der Waals surface area contributed by atoms with Crippen molar-refractivity contribution >= 4 is 29.2 Å². The molecule has 5 rings (SSSR count). The normalized spacial score (nSPS) is 13.9. The number of benzene rings is 2. The minimum Gasteiger partial charge on any atom is -0.493 e. The summed E-state index contributed by atoms with van der Waals surface area (Å²) in [5, 5.41) is 0.456. The maximum Gasteiger partial charge on any atom is 0.332 e. The van der Waals surface area contributed by atoms with E-state index in [1.807, 2.05) is 36.4 Å². The van der Waals surface area contributed by atoms with Gasteiger partial charge in [0.1, 0.15) is 28.8 Å². The summed E-state index contributed by atoms with van der Waals surface area (Å²) in [7, 11) is 3.18. The predicted molar refractivity (Wildman–Crippen MR) is 151 cm³/mol. The fourth-order valence-electron chi connectivity index (χ4n) is 4.78. The van der Waals surface area contributed by atoms with Gasteiger partial charge in [-0.3, -0.25) is 23.6 Å². The van der Waals surface area contributed by atoms with Crippen LogP contribution in [0.4, 0.5) is 5.82 Å². The standard InChI is InChI=1S/C28H30N4O5.ClH/c1-29-24(18-25(33)30(2)28(29)35)32-15-13-31(14-16-32)12-7-17-36-22-10-6-11-23-26(22)27(34)21(19-37-23)20-8-4-3-5-9-20;/h3-6,8-11,18-19H,7,12-17H2,1-2H3;1H. The first-order valence-electron chi connectivity index (χ1n) is 12.4. The van der Waals surface area contributed by atoms with E-state index in [0.717, 1.165) is 49.3 Å². The Kier molecular flexibility index (Phi) is 8.38. The van der Waals surface area contributed by atoms with Crippen LogP contribution in [0.2, 0.25) is 0 Å². The summed E-state index contributed by atoms with van der Waals surface area (Å²) in [6, 6.07) is 16.4. The molecule has 3 heterocycles. The molecule has 1 aliphatic rings. The lowest BCUT2D eigenvalue weighted by Gasteiger charge is -2.36. The summed E-state index contributed by atoms with van der Waals surface area (Å²) >= 11 is 0. The molecule has 0 N–H and O–H groups in total. The third-order valence-corrected chi connectivity index (χ3v) is 6.92. The van der Waals surface area contributed by atoms with Crippen molar-refractivity contribution in [1.82, 2.24) is 14.0 Å². The molecule has 200 valence electrons. The highest BCUT2D eigenvalue weighted by molar-refractivity contribution is 5.87. The summed E-state index contributed by atoms with van der Waals surface area (Å²) in [6.07, 6.45) is 2.30. The van der Waals surface area contributed by atoms with Gasteiger partial charge < -0.3 is 14.1 Å². The largest absolute Gasteiger partial charge is 0.493 e. The van der Waals surface area contributed by atoms with Crippen molar-refractivity contribution in [2.45, 2.75) is 6.42 Å². The second kappa shape index (κ2) is 11.7. The summed E-state index contributed by atoms with van der Waals surface area (Å²) in [6.45, 7) is 4.42. The molecule has 38 heavy (non-hydrogen) atoms. The zero-order valence-electron chi connectivity index (χ0n) is 21.5. The van der Waals surface area contributed by atoms with Crippen LogP contribution in [0.15, 0.2) is 79.7 Å². The molecule has 9 nitrogen and oxygen atoms in total. The van der Waals surface area contributed by atoms with Gasteiger partial charge in [0.05, 0.1) is 12.2 Å². The fraction of sp³-hybridized carbons (Fsp3) is 0.321. The third kappa shape index (κ3) is 5.39. The van der Waals surface area contributed by atoms with E-state index in [0.29, 0.717) is 34.7 Å². The summed E-state index contributed by atoms with van der Waals surface area (Å²) < 4.78 is 14.5. The Balaban J connectivity index is 0.00000336. The van der Waals surface area contributed by atoms with Crippen molar-refractivity contribution < 1.29 is 9.15 Å². The van der Waals surface area contributed by atoms with Crippen molar-refractivity contribution in [3.63, 3.8) is 0 Å². The van der Waals surface area contributed by atoms with Crippen LogP contribution in [0.25, 0.3) is 22.1 Å². The van der Waals surface area contributed by atoms with Gasteiger partial charge in [-0.25, -0.2) is 4.79 Å². The molecule has 4 aromatic rings. The number of aromatic nitrogens is 2. The quantitative estimate of drug-likeness (QED) is 0.334. The third-order valence-electron chi connectivity index (χ3n) is 6.92. The van der Waals surface area contributed by atoms with Crippen molar-refractivity contribution in [3.05, 3.63) is 91.9 Å². The van der Waals surface area contributed by atoms with Gasteiger partial charge in [0.25, 0.3) is 5.56 Å². The van der Waals surface area contributed by atoms with Gasteiger partial charge >= 0.3 is 5.69 Å². The molecule has 0 unspecified atom stereocenters. The second-order valence-corrected chi connectivity index (χ2v) is 9.25. The molecule has 0 atom stereocenters. The lowest BCUT2D eigenvalue weighted by molar-refractivity contribution is 0.224. The Bertz CT molecular complexity index is 1590. The molecule has 0 aliphatic carbocycles. The number of piperazine rings is 1. The Morgan fingerprint density at radius 3 is 2.37 bits per heavy atom. The van der Waals surface area contributed by atoms with E-state index in [1.54, 1.807) is 19.2 Å². The Hall–Kier alpha value is -3.82. The van der Waals surface area contributed by atoms with Gasteiger partial charge in [-0.05, 0) is 24.1 Å². The molecule has 2 aromatic heterocycles. The average Bonchev–Trinajstić information content (AvgIpc) is 2.93. The Morgan fingerprint density at radius 1 is 0.895 bits per heavy atom. The topological polar surface area (TPSA) is 89.9 Å². The number of halogens is 1. The first kappa shape index (κ1) is 27.2. The average molecular weight is 539 g/mol. The SMILES string of the molecule is Cl.Cn1c(N2CCN(CCCOc3cccc4occ(-c5ccccc5)c(=O)c34)CC2)cc(=O)n(C)c1=O. The van der Waals surface area contributed by atoms with Crippen molar-refractivity contribution in [1.29, 1.82) is 0 Å². The minimum absolute atomic E-state index is 0. The summed E-state index contributed by atoms with van der Waals surface area (Å²) in [5.41, 5.74) is 1.10. The number of hydrogen-bond donors (Lipinski definition) is 0. The zero-order valence-corrected chi connectivity index (χ0v) is 22.3. The highest BCUT2D eigenvalue weighted by Gasteiger charge is 2.20. The summed E-state index contributed by atoms with van der Waals surface area (Å²) in [5.74, 6) is 1.18. The molecule has 1 aliphatic heterocycles. The van der Waals surface area contributed by atoms with E-state index < -0.39 is 0 Å². The smallest absolute Gasteiger partial charge is 0.332 e. The lowest BCUT2D eigenvalue weighted by Crippen LogP contribution is -2.49. The van der Waals surface area contributed by atoms with Gasteiger partial charge in [-0.1, -0.05) is 36.4 Å². The van der Waals surface area contributed by atoms with Crippen LogP contribution in [-0.4, -0.2) is 53.4 Å². The molecular weight excluding hydrogens is 508 g/mol. The van der Waals surface area contributed by atoms with E-state index in [9.17, 15) is 14.4 Å². The molecule has 0 amide bonds. The molecule has 0 spiro atoms.